The van der Waals surface area contributed by atoms with Gasteiger partial charge in [-0.3, -0.25) is 14.5 Å². The van der Waals surface area contributed by atoms with Crippen LogP contribution >= 0.6 is 0 Å². The molecule has 0 aliphatic carbocycles. The number of ether oxygens (including phenoxy) is 1. The molecule has 3 saturated heterocycles. The number of carbonyl (C=O) groups is 2. The molecule has 3 aliphatic heterocycles. The van der Waals surface area contributed by atoms with Crippen molar-refractivity contribution in [1.82, 2.24) is 15.1 Å². The first-order valence-corrected chi connectivity index (χ1v) is 15.3. The average molecular weight is 586 g/mol. The summed E-state index contributed by atoms with van der Waals surface area (Å²) in [5.74, 6) is -2.38. The maximum absolute atomic E-state index is 15.0. The fourth-order valence-electron chi connectivity index (χ4n) is 7.22. The lowest BCUT2D eigenvalue weighted by molar-refractivity contribution is -0.136. The Bertz CT molecular complexity index is 1290. The van der Waals surface area contributed by atoms with Crippen molar-refractivity contribution in [1.29, 1.82) is 0 Å². The van der Waals surface area contributed by atoms with E-state index in [4.69, 9.17) is 4.74 Å². The number of nitrogens with one attached hydrogen (secondary N) is 1. The summed E-state index contributed by atoms with van der Waals surface area (Å²) in [5.41, 5.74) is 2.76. The summed E-state index contributed by atoms with van der Waals surface area (Å²) in [7, 11) is 0. The van der Waals surface area contributed by atoms with E-state index in [1.54, 1.807) is 13.0 Å². The fraction of sp³-hybridized carbons (Fsp3) is 0.576. The van der Waals surface area contributed by atoms with Gasteiger partial charge in [-0.05, 0) is 79.3 Å². The van der Waals surface area contributed by atoms with Crippen molar-refractivity contribution in [3.8, 4) is 0 Å². The Morgan fingerprint density at radius 1 is 0.976 bits per heavy atom. The van der Waals surface area contributed by atoms with E-state index in [0.29, 0.717) is 69.8 Å². The van der Waals surface area contributed by atoms with Gasteiger partial charge < -0.3 is 15.0 Å². The number of benzene rings is 2. The highest BCUT2D eigenvalue weighted by atomic mass is 19.1. The second-order valence-corrected chi connectivity index (χ2v) is 12.2. The van der Waals surface area contributed by atoms with E-state index in [1.165, 1.54) is 19.1 Å². The maximum atomic E-state index is 15.0. The van der Waals surface area contributed by atoms with Gasteiger partial charge in [0.25, 0.3) is 0 Å². The van der Waals surface area contributed by atoms with Crippen LogP contribution < -0.4 is 5.32 Å². The third-order valence-corrected chi connectivity index (χ3v) is 9.51. The number of aryl methyl sites for hydroxylation is 1. The van der Waals surface area contributed by atoms with Crippen LogP contribution in [-0.2, 0) is 14.3 Å². The first-order valence-electron chi connectivity index (χ1n) is 15.3. The minimum Gasteiger partial charge on any atom is -0.381 e. The zero-order chi connectivity index (χ0) is 30.0. The van der Waals surface area contributed by atoms with Crippen LogP contribution in [0, 0.1) is 30.3 Å². The number of amides is 2. The molecule has 3 fully saturated rings. The summed E-state index contributed by atoms with van der Waals surface area (Å²) < 4.78 is 49.1. The summed E-state index contributed by atoms with van der Waals surface area (Å²) in [6.45, 7) is 8.67. The minimum atomic E-state index is -0.629. The van der Waals surface area contributed by atoms with Crippen molar-refractivity contribution in [3.63, 3.8) is 0 Å². The zero-order valence-corrected chi connectivity index (χ0v) is 24.8. The van der Waals surface area contributed by atoms with E-state index in [1.807, 2.05) is 17.9 Å². The Morgan fingerprint density at radius 3 is 2.33 bits per heavy atom. The van der Waals surface area contributed by atoms with E-state index < -0.39 is 17.6 Å². The van der Waals surface area contributed by atoms with Gasteiger partial charge >= 0.3 is 0 Å². The molecule has 0 aromatic heterocycles. The summed E-state index contributed by atoms with van der Waals surface area (Å²) in [5, 5.41) is 3.00. The summed E-state index contributed by atoms with van der Waals surface area (Å²) >= 11 is 0. The van der Waals surface area contributed by atoms with Crippen molar-refractivity contribution < 1.29 is 27.5 Å². The molecule has 42 heavy (non-hydrogen) atoms. The zero-order valence-electron chi connectivity index (χ0n) is 24.8. The third-order valence-electron chi connectivity index (χ3n) is 9.51. The standard InChI is InChI=1S/C33H42F3N3O3/c1-4-32(37-21(3)40)27-15-20(2)30(35)17-26(27)22-7-11-38(12-8-22)33(41)29-19-39(24-9-13-42-14-10-24)18-28(29)25-6-5-23(34)16-31(25)36/h5-6,15-17,22,24,28-29,32H,4,7-14,18-19H2,1-3H3,(H,37,40)/t28-,29+,32-/m0/s1. The highest BCUT2D eigenvalue weighted by Gasteiger charge is 2.44. The number of piperidine rings is 1. The second kappa shape index (κ2) is 13.2. The summed E-state index contributed by atoms with van der Waals surface area (Å²) in [6.07, 6.45) is 3.77. The largest absolute Gasteiger partial charge is 0.381 e. The Balaban J connectivity index is 1.34. The predicted molar refractivity (Wildman–Crippen MR) is 155 cm³/mol. The highest BCUT2D eigenvalue weighted by Crippen LogP contribution is 2.40. The molecule has 0 bridgehead atoms. The maximum Gasteiger partial charge on any atom is 0.227 e. The Morgan fingerprint density at radius 2 is 1.69 bits per heavy atom. The number of likely N-dealkylation sites (tertiary alicyclic amines) is 2. The van der Waals surface area contributed by atoms with Gasteiger partial charge in [0, 0.05) is 64.3 Å². The van der Waals surface area contributed by atoms with Crippen LogP contribution in [0.1, 0.15) is 86.1 Å². The molecule has 0 saturated carbocycles. The van der Waals surface area contributed by atoms with E-state index in [0.717, 1.165) is 30.0 Å². The lowest BCUT2D eigenvalue weighted by Crippen LogP contribution is -2.44. The Labute approximate surface area is 246 Å². The van der Waals surface area contributed by atoms with Gasteiger partial charge in [0.15, 0.2) is 0 Å². The normalized spacial score (nSPS) is 23.2. The number of halogens is 3. The van der Waals surface area contributed by atoms with Gasteiger partial charge in [0.05, 0.1) is 12.0 Å². The highest BCUT2D eigenvalue weighted by molar-refractivity contribution is 5.81. The van der Waals surface area contributed by atoms with Crippen LogP contribution in [0.2, 0.25) is 0 Å². The van der Waals surface area contributed by atoms with Crippen molar-refractivity contribution in [3.05, 3.63) is 70.0 Å². The molecule has 6 nitrogen and oxygen atoms in total. The van der Waals surface area contributed by atoms with E-state index in [9.17, 15) is 18.4 Å². The molecular weight excluding hydrogens is 543 g/mol. The van der Waals surface area contributed by atoms with Crippen LogP contribution in [0.4, 0.5) is 13.2 Å². The predicted octanol–water partition coefficient (Wildman–Crippen LogP) is 5.60. The van der Waals surface area contributed by atoms with Gasteiger partial charge in [-0.1, -0.05) is 19.1 Å². The molecule has 2 aromatic rings. The molecule has 3 aliphatic rings. The smallest absolute Gasteiger partial charge is 0.227 e. The number of rotatable bonds is 7. The molecular formula is C33H42F3N3O3. The number of carbonyl (C=O) groups excluding carboxylic acids is 2. The molecule has 2 amide bonds. The lowest BCUT2D eigenvalue weighted by Gasteiger charge is -2.36. The molecule has 0 radical (unpaired) electrons. The van der Waals surface area contributed by atoms with Crippen LogP contribution in [-0.4, -0.2) is 67.0 Å². The van der Waals surface area contributed by atoms with Gasteiger partial charge in [-0.15, -0.1) is 0 Å². The van der Waals surface area contributed by atoms with Gasteiger partial charge in [0.1, 0.15) is 17.5 Å². The van der Waals surface area contributed by atoms with Crippen molar-refractivity contribution in [2.45, 2.75) is 76.8 Å². The molecule has 228 valence electrons. The summed E-state index contributed by atoms with van der Waals surface area (Å²) in [4.78, 5) is 30.1. The van der Waals surface area contributed by atoms with Crippen LogP contribution in [0.3, 0.4) is 0 Å². The topological polar surface area (TPSA) is 61.9 Å². The average Bonchev–Trinajstić information content (AvgIpc) is 3.42. The first kappa shape index (κ1) is 30.5. The van der Waals surface area contributed by atoms with Crippen molar-refractivity contribution >= 4 is 11.8 Å². The van der Waals surface area contributed by atoms with Crippen LogP contribution in [0.25, 0.3) is 0 Å². The fourth-order valence-corrected chi connectivity index (χ4v) is 7.22. The molecule has 9 heteroatoms. The number of nitrogens with zero attached hydrogens (tertiary/aromatic N) is 2. The van der Waals surface area contributed by atoms with Crippen LogP contribution in [0.15, 0.2) is 30.3 Å². The monoisotopic (exact) mass is 585 g/mol. The lowest BCUT2D eigenvalue weighted by atomic mass is 9.82. The van der Waals surface area contributed by atoms with E-state index in [2.05, 4.69) is 10.2 Å². The minimum absolute atomic E-state index is 0.00303. The molecule has 1 N–H and O–H groups in total. The molecule has 0 spiro atoms. The molecule has 5 rings (SSSR count). The number of hydrogen-bond donors (Lipinski definition) is 1. The number of hydrogen-bond acceptors (Lipinski definition) is 4. The van der Waals surface area contributed by atoms with Gasteiger partial charge in [-0.2, -0.15) is 0 Å². The van der Waals surface area contributed by atoms with E-state index in [-0.39, 0.29) is 41.6 Å². The van der Waals surface area contributed by atoms with Crippen LogP contribution in [0.5, 0.6) is 0 Å². The summed E-state index contributed by atoms with van der Waals surface area (Å²) in [6, 6.07) is 7.18. The van der Waals surface area contributed by atoms with Crippen molar-refractivity contribution in [2.24, 2.45) is 5.92 Å². The SMILES string of the molecule is CC[C@H](NC(C)=O)c1cc(C)c(F)cc1C1CCN(C(=O)[C@@H]2CN(C3CCOCC3)C[C@H]2c2ccc(F)cc2F)CC1. The van der Waals surface area contributed by atoms with Gasteiger partial charge in [-0.25, -0.2) is 13.2 Å². The third kappa shape index (κ3) is 6.52. The second-order valence-electron chi connectivity index (χ2n) is 12.2. The molecule has 3 atom stereocenters. The quantitative estimate of drug-likeness (QED) is 0.460. The van der Waals surface area contributed by atoms with E-state index >= 15 is 4.39 Å². The Hall–Kier alpha value is -2.91. The molecule has 0 unspecified atom stereocenters. The molecule has 2 aromatic carbocycles. The Kier molecular flexibility index (Phi) is 9.57. The van der Waals surface area contributed by atoms with Crippen molar-refractivity contribution in [2.75, 3.05) is 39.4 Å². The molecule has 3 heterocycles. The van der Waals surface area contributed by atoms with Gasteiger partial charge in [0.2, 0.25) is 11.8 Å². The first-order chi connectivity index (χ1) is 20.2.